The Balaban J connectivity index is 1.47. The normalized spacial score (nSPS) is 16.7. The molecule has 3 aromatic carbocycles. The van der Waals surface area contributed by atoms with Gasteiger partial charge in [0.25, 0.3) is 5.91 Å². The van der Waals surface area contributed by atoms with Crippen LogP contribution in [0.25, 0.3) is 11.1 Å². The number of nitrogens with one attached hydrogen (secondary N) is 1. The minimum absolute atomic E-state index is 0.0534. The molecule has 2 N–H and O–H groups in total. The van der Waals surface area contributed by atoms with Gasteiger partial charge in [0.2, 0.25) is 0 Å². The van der Waals surface area contributed by atoms with Crippen LogP contribution in [-0.2, 0) is 22.4 Å². The highest BCUT2D eigenvalue weighted by Crippen LogP contribution is 2.23. The topological polar surface area (TPSA) is 86.7 Å². The average Bonchev–Trinajstić information content (AvgIpc) is 3.06. The van der Waals surface area contributed by atoms with Gasteiger partial charge in [0, 0.05) is 17.9 Å². The Morgan fingerprint density at radius 3 is 2.09 bits per heavy atom. The highest BCUT2D eigenvalue weighted by Gasteiger charge is 2.44. The number of urea groups is 1. The average molecular weight is 449 g/mol. The second-order valence-corrected chi connectivity index (χ2v) is 8.10. The summed E-state index contributed by atoms with van der Waals surface area (Å²) in [6.45, 7) is 0. The number of aliphatic carboxylic acids is 1. The molecular formula is C25H21ClN2O4. The van der Waals surface area contributed by atoms with Crippen LogP contribution >= 0.6 is 11.6 Å². The van der Waals surface area contributed by atoms with E-state index in [0.717, 1.165) is 27.2 Å². The summed E-state index contributed by atoms with van der Waals surface area (Å²) in [7, 11) is 0. The van der Waals surface area contributed by atoms with Gasteiger partial charge in [-0.25, -0.2) is 14.5 Å². The number of carboxylic acids is 1. The van der Waals surface area contributed by atoms with Crippen molar-refractivity contribution in [2.24, 2.45) is 0 Å². The maximum atomic E-state index is 12.9. The Morgan fingerprint density at radius 2 is 1.50 bits per heavy atom. The standard InChI is InChI=1S/C25H21ClN2O4/c26-20-12-10-19(11-13-20)18-8-6-17(7-9-18)14-21-23(29)28(25(32)27-21)22(24(30)31)15-16-4-2-1-3-5-16/h1-13,21-22H,14-15H2,(H,27,32)(H,30,31)/t21-,22-/m0/s1. The molecule has 162 valence electrons. The first-order chi connectivity index (χ1) is 15.4. The lowest BCUT2D eigenvalue weighted by Gasteiger charge is -2.21. The minimum Gasteiger partial charge on any atom is -0.480 e. The van der Waals surface area contributed by atoms with Crippen molar-refractivity contribution in [1.29, 1.82) is 0 Å². The molecular weight excluding hydrogens is 428 g/mol. The Labute approximate surface area is 190 Å². The van der Waals surface area contributed by atoms with Crippen molar-refractivity contribution in [2.45, 2.75) is 24.9 Å². The fraction of sp³-hybridized carbons (Fsp3) is 0.160. The molecule has 1 aliphatic heterocycles. The van der Waals surface area contributed by atoms with Gasteiger partial charge in [-0.05, 0) is 34.4 Å². The molecule has 6 nitrogen and oxygen atoms in total. The number of hydrogen-bond donors (Lipinski definition) is 2. The van der Waals surface area contributed by atoms with E-state index in [2.05, 4.69) is 5.32 Å². The Hall–Kier alpha value is -3.64. The molecule has 2 atom stereocenters. The van der Waals surface area contributed by atoms with Crippen molar-refractivity contribution in [3.8, 4) is 11.1 Å². The molecule has 4 rings (SSSR count). The number of carbonyl (C=O) groups excluding carboxylic acids is 2. The molecule has 1 aliphatic rings. The Bertz CT molecular complexity index is 1130. The summed E-state index contributed by atoms with van der Waals surface area (Å²) in [5.74, 6) is -1.74. The van der Waals surface area contributed by atoms with Gasteiger partial charge < -0.3 is 10.4 Å². The van der Waals surface area contributed by atoms with E-state index in [9.17, 15) is 19.5 Å². The molecule has 0 radical (unpaired) electrons. The molecule has 0 saturated carbocycles. The lowest BCUT2D eigenvalue weighted by Crippen LogP contribution is -2.47. The SMILES string of the molecule is O=C(O)[C@H](Cc1ccccc1)N1C(=O)N[C@@H](Cc2ccc(-c3ccc(Cl)cc3)cc2)C1=O. The van der Waals surface area contributed by atoms with Gasteiger partial charge in [0.15, 0.2) is 0 Å². The monoisotopic (exact) mass is 448 g/mol. The predicted octanol–water partition coefficient (Wildman–Crippen LogP) is 4.17. The van der Waals surface area contributed by atoms with Gasteiger partial charge in [-0.3, -0.25) is 4.79 Å². The summed E-state index contributed by atoms with van der Waals surface area (Å²) in [5.41, 5.74) is 3.62. The van der Waals surface area contributed by atoms with Crippen LogP contribution in [0.3, 0.4) is 0 Å². The third kappa shape index (κ3) is 4.65. The van der Waals surface area contributed by atoms with Crippen molar-refractivity contribution < 1.29 is 19.5 Å². The number of nitrogens with zero attached hydrogens (tertiary/aromatic N) is 1. The van der Waals surface area contributed by atoms with Crippen LogP contribution < -0.4 is 5.32 Å². The van der Waals surface area contributed by atoms with E-state index in [-0.39, 0.29) is 12.8 Å². The van der Waals surface area contributed by atoms with Crippen LogP contribution in [0, 0.1) is 0 Å². The van der Waals surface area contributed by atoms with Gasteiger partial charge in [0.1, 0.15) is 12.1 Å². The fourth-order valence-electron chi connectivity index (χ4n) is 3.82. The lowest BCUT2D eigenvalue weighted by atomic mass is 10.00. The van der Waals surface area contributed by atoms with E-state index >= 15 is 0 Å². The van der Waals surface area contributed by atoms with Crippen LogP contribution in [0.5, 0.6) is 0 Å². The second kappa shape index (κ2) is 9.24. The first-order valence-electron chi connectivity index (χ1n) is 10.2. The molecule has 0 aliphatic carbocycles. The highest BCUT2D eigenvalue weighted by molar-refractivity contribution is 6.30. The smallest absolute Gasteiger partial charge is 0.327 e. The number of rotatable bonds is 7. The summed E-state index contributed by atoms with van der Waals surface area (Å²) in [4.78, 5) is 38.1. The molecule has 7 heteroatoms. The molecule has 3 amide bonds. The molecule has 1 fully saturated rings. The zero-order valence-corrected chi connectivity index (χ0v) is 17.8. The van der Waals surface area contributed by atoms with E-state index in [0.29, 0.717) is 5.02 Å². The van der Waals surface area contributed by atoms with Crippen molar-refractivity contribution in [3.05, 3.63) is 95.0 Å². The number of benzene rings is 3. The largest absolute Gasteiger partial charge is 0.480 e. The number of halogens is 1. The second-order valence-electron chi connectivity index (χ2n) is 7.66. The van der Waals surface area contributed by atoms with E-state index in [1.165, 1.54) is 0 Å². The van der Waals surface area contributed by atoms with E-state index in [1.54, 1.807) is 24.3 Å². The number of hydrogen-bond acceptors (Lipinski definition) is 3. The Morgan fingerprint density at radius 1 is 0.906 bits per heavy atom. The molecule has 0 spiro atoms. The van der Waals surface area contributed by atoms with Crippen LogP contribution in [0.2, 0.25) is 5.02 Å². The van der Waals surface area contributed by atoms with Crippen LogP contribution in [-0.4, -0.2) is 40.0 Å². The summed E-state index contributed by atoms with van der Waals surface area (Å²) in [6, 6.07) is 21.3. The highest BCUT2D eigenvalue weighted by atomic mass is 35.5. The first kappa shape index (κ1) is 21.6. The summed E-state index contributed by atoms with van der Waals surface area (Å²) < 4.78 is 0. The molecule has 1 saturated heterocycles. The number of amides is 3. The lowest BCUT2D eigenvalue weighted by molar-refractivity contribution is -0.146. The van der Waals surface area contributed by atoms with E-state index in [4.69, 9.17) is 11.6 Å². The van der Waals surface area contributed by atoms with Crippen molar-refractivity contribution >= 4 is 29.5 Å². The molecule has 0 bridgehead atoms. The molecule has 1 heterocycles. The van der Waals surface area contributed by atoms with Gasteiger partial charge in [-0.15, -0.1) is 0 Å². The van der Waals surface area contributed by atoms with Gasteiger partial charge in [0.05, 0.1) is 0 Å². The maximum Gasteiger partial charge on any atom is 0.327 e. The summed E-state index contributed by atoms with van der Waals surface area (Å²) in [6.07, 6.45) is 0.331. The maximum absolute atomic E-state index is 12.9. The van der Waals surface area contributed by atoms with Crippen molar-refractivity contribution in [2.75, 3.05) is 0 Å². The fourth-order valence-corrected chi connectivity index (χ4v) is 3.95. The number of carboxylic acid groups (broad SMARTS) is 1. The van der Waals surface area contributed by atoms with Crippen molar-refractivity contribution in [3.63, 3.8) is 0 Å². The molecule has 3 aromatic rings. The molecule has 0 unspecified atom stereocenters. The van der Waals surface area contributed by atoms with Gasteiger partial charge in [-0.2, -0.15) is 0 Å². The van der Waals surface area contributed by atoms with Gasteiger partial charge >= 0.3 is 12.0 Å². The van der Waals surface area contributed by atoms with Gasteiger partial charge in [-0.1, -0.05) is 78.3 Å². The van der Waals surface area contributed by atoms with Crippen LogP contribution in [0.15, 0.2) is 78.9 Å². The molecule has 0 aromatic heterocycles. The Kier molecular flexibility index (Phi) is 6.23. The van der Waals surface area contributed by atoms with Crippen LogP contribution in [0.4, 0.5) is 4.79 Å². The zero-order valence-electron chi connectivity index (χ0n) is 17.1. The van der Waals surface area contributed by atoms with E-state index < -0.39 is 30.0 Å². The van der Waals surface area contributed by atoms with E-state index in [1.807, 2.05) is 54.6 Å². The number of carbonyl (C=O) groups is 3. The minimum atomic E-state index is -1.26. The molecule has 32 heavy (non-hydrogen) atoms. The first-order valence-corrected chi connectivity index (χ1v) is 10.6. The summed E-state index contributed by atoms with van der Waals surface area (Å²) in [5, 5.41) is 13.0. The zero-order chi connectivity index (χ0) is 22.7. The number of imide groups is 1. The van der Waals surface area contributed by atoms with Crippen LogP contribution in [0.1, 0.15) is 11.1 Å². The third-order valence-corrected chi connectivity index (χ3v) is 5.74. The third-order valence-electron chi connectivity index (χ3n) is 5.49. The summed E-state index contributed by atoms with van der Waals surface area (Å²) >= 11 is 5.94. The van der Waals surface area contributed by atoms with Crippen molar-refractivity contribution in [1.82, 2.24) is 10.2 Å². The predicted molar refractivity (Wildman–Crippen MR) is 121 cm³/mol. The quantitative estimate of drug-likeness (QED) is 0.531.